The SMILES string of the molecule is Fc1ccc2c(OCCCC3CCN(Cc4cccc5ccccc45)CC3)noc2c1. The highest BCUT2D eigenvalue weighted by molar-refractivity contribution is 5.85. The quantitative estimate of drug-likeness (QED) is 0.335. The third kappa shape index (κ3) is 4.57. The first-order valence-corrected chi connectivity index (χ1v) is 11.1. The molecule has 4 nitrogen and oxygen atoms in total. The van der Waals surface area contributed by atoms with Crippen molar-refractivity contribution in [2.75, 3.05) is 19.7 Å². The van der Waals surface area contributed by atoms with Crippen molar-refractivity contribution in [3.8, 4) is 5.88 Å². The molecule has 0 radical (unpaired) electrons. The van der Waals surface area contributed by atoms with Crippen LogP contribution in [0.2, 0.25) is 0 Å². The molecule has 3 aromatic carbocycles. The summed E-state index contributed by atoms with van der Waals surface area (Å²) in [6, 6.07) is 19.6. The molecule has 0 amide bonds. The van der Waals surface area contributed by atoms with Gasteiger partial charge in [0.2, 0.25) is 0 Å². The number of hydrogen-bond donors (Lipinski definition) is 0. The summed E-state index contributed by atoms with van der Waals surface area (Å²) in [5.74, 6) is 0.873. The number of ether oxygens (including phenoxy) is 1. The number of nitrogens with zero attached hydrogens (tertiary/aromatic N) is 2. The number of benzene rings is 3. The minimum Gasteiger partial charge on any atom is -0.475 e. The van der Waals surface area contributed by atoms with Crippen molar-refractivity contribution in [3.63, 3.8) is 0 Å². The Bertz CT molecular complexity index is 1160. The van der Waals surface area contributed by atoms with Gasteiger partial charge in [0, 0.05) is 12.6 Å². The van der Waals surface area contributed by atoms with Gasteiger partial charge in [-0.15, -0.1) is 0 Å². The highest BCUT2D eigenvalue weighted by Crippen LogP contribution is 2.27. The summed E-state index contributed by atoms with van der Waals surface area (Å²) >= 11 is 0. The van der Waals surface area contributed by atoms with Gasteiger partial charge in [-0.25, -0.2) is 4.39 Å². The van der Waals surface area contributed by atoms with Gasteiger partial charge in [-0.05, 0) is 78.3 Å². The molecular weight excluding hydrogens is 391 g/mol. The van der Waals surface area contributed by atoms with E-state index in [0.717, 1.165) is 43.8 Å². The van der Waals surface area contributed by atoms with Crippen molar-refractivity contribution in [1.29, 1.82) is 0 Å². The lowest BCUT2D eigenvalue weighted by Crippen LogP contribution is -2.33. The molecule has 0 saturated carbocycles. The number of aromatic nitrogens is 1. The van der Waals surface area contributed by atoms with E-state index in [2.05, 4.69) is 52.5 Å². The molecule has 31 heavy (non-hydrogen) atoms. The van der Waals surface area contributed by atoms with Crippen LogP contribution in [0.5, 0.6) is 5.88 Å². The van der Waals surface area contributed by atoms with Crippen LogP contribution in [-0.4, -0.2) is 29.8 Å². The zero-order valence-electron chi connectivity index (χ0n) is 17.6. The Hall–Kier alpha value is -2.92. The molecule has 2 heterocycles. The van der Waals surface area contributed by atoms with E-state index in [1.807, 2.05) is 0 Å². The van der Waals surface area contributed by atoms with E-state index in [0.29, 0.717) is 18.1 Å². The van der Waals surface area contributed by atoms with E-state index < -0.39 is 0 Å². The van der Waals surface area contributed by atoms with E-state index in [-0.39, 0.29) is 5.82 Å². The van der Waals surface area contributed by atoms with Crippen molar-refractivity contribution < 1.29 is 13.7 Å². The minimum atomic E-state index is -0.331. The van der Waals surface area contributed by atoms with E-state index in [1.54, 1.807) is 6.07 Å². The second-order valence-corrected chi connectivity index (χ2v) is 8.48. The smallest absolute Gasteiger partial charge is 0.262 e. The van der Waals surface area contributed by atoms with Crippen molar-refractivity contribution in [2.45, 2.75) is 32.2 Å². The second kappa shape index (κ2) is 9.06. The number of likely N-dealkylation sites (tertiary alicyclic amines) is 1. The van der Waals surface area contributed by atoms with Crippen LogP contribution in [0.15, 0.2) is 65.2 Å². The topological polar surface area (TPSA) is 38.5 Å². The molecule has 160 valence electrons. The summed E-state index contributed by atoms with van der Waals surface area (Å²) in [6.07, 6.45) is 4.62. The lowest BCUT2D eigenvalue weighted by molar-refractivity contribution is 0.165. The van der Waals surface area contributed by atoms with Gasteiger partial charge in [-0.3, -0.25) is 4.90 Å². The normalized spacial score (nSPS) is 15.6. The van der Waals surface area contributed by atoms with Crippen molar-refractivity contribution in [1.82, 2.24) is 10.1 Å². The van der Waals surface area contributed by atoms with Crippen LogP contribution >= 0.6 is 0 Å². The number of halogens is 1. The first kappa shape index (κ1) is 20.0. The number of piperidine rings is 1. The Kier molecular flexibility index (Phi) is 5.85. The van der Waals surface area contributed by atoms with Gasteiger partial charge in [0.05, 0.1) is 12.0 Å². The van der Waals surface area contributed by atoms with Gasteiger partial charge in [-0.2, -0.15) is 0 Å². The largest absolute Gasteiger partial charge is 0.475 e. The minimum absolute atomic E-state index is 0.331. The molecule has 1 aliphatic heterocycles. The van der Waals surface area contributed by atoms with Crippen LogP contribution in [0.25, 0.3) is 21.7 Å². The molecule has 4 aromatic rings. The summed E-state index contributed by atoms with van der Waals surface area (Å²) in [5, 5.41) is 7.33. The molecule has 0 bridgehead atoms. The third-order valence-corrected chi connectivity index (χ3v) is 6.38. The maximum Gasteiger partial charge on any atom is 0.262 e. The van der Waals surface area contributed by atoms with Crippen LogP contribution in [0.3, 0.4) is 0 Å². The zero-order valence-corrected chi connectivity index (χ0v) is 17.6. The van der Waals surface area contributed by atoms with Crippen molar-refractivity contribution in [2.24, 2.45) is 5.92 Å². The predicted molar refractivity (Wildman–Crippen MR) is 121 cm³/mol. The van der Waals surface area contributed by atoms with E-state index in [1.165, 1.54) is 41.3 Å². The second-order valence-electron chi connectivity index (χ2n) is 8.48. The Morgan fingerprint density at radius 3 is 2.74 bits per heavy atom. The standard InChI is InChI=1S/C26H27FN2O2/c27-22-10-11-24-25(17-22)31-28-26(24)30-16-4-5-19-12-14-29(15-13-19)18-21-8-3-7-20-6-1-2-9-23(20)21/h1-3,6-11,17,19H,4-5,12-16,18H2. The molecule has 0 atom stereocenters. The molecular formula is C26H27FN2O2. The summed E-state index contributed by atoms with van der Waals surface area (Å²) in [4.78, 5) is 2.58. The van der Waals surface area contributed by atoms with Crippen LogP contribution in [0, 0.1) is 11.7 Å². The molecule has 0 N–H and O–H groups in total. The first-order valence-electron chi connectivity index (χ1n) is 11.1. The Morgan fingerprint density at radius 1 is 1.00 bits per heavy atom. The summed E-state index contributed by atoms with van der Waals surface area (Å²) in [5.41, 5.74) is 1.85. The van der Waals surface area contributed by atoms with Gasteiger partial charge < -0.3 is 9.26 Å². The van der Waals surface area contributed by atoms with Gasteiger partial charge >= 0.3 is 0 Å². The number of hydrogen-bond acceptors (Lipinski definition) is 4. The van der Waals surface area contributed by atoms with Gasteiger partial charge in [0.1, 0.15) is 5.82 Å². The van der Waals surface area contributed by atoms with Gasteiger partial charge in [-0.1, -0.05) is 42.5 Å². The molecule has 1 fully saturated rings. The molecule has 1 saturated heterocycles. The Labute approximate surface area is 181 Å². The summed E-state index contributed by atoms with van der Waals surface area (Å²) < 4.78 is 24.2. The monoisotopic (exact) mass is 418 g/mol. The molecule has 5 rings (SSSR count). The molecule has 0 spiro atoms. The number of rotatable bonds is 7. The van der Waals surface area contributed by atoms with E-state index in [4.69, 9.17) is 9.26 Å². The fourth-order valence-electron chi connectivity index (χ4n) is 4.64. The van der Waals surface area contributed by atoms with Crippen LogP contribution in [0.1, 0.15) is 31.2 Å². The maximum atomic E-state index is 13.2. The van der Waals surface area contributed by atoms with E-state index in [9.17, 15) is 4.39 Å². The average molecular weight is 419 g/mol. The first-order chi connectivity index (χ1) is 15.3. The molecule has 0 aliphatic carbocycles. The molecule has 1 aromatic heterocycles. The lowest BCUT2D eigenvalue weighted by Gasteiger charge is -2.32. The Morgan fingerprint density at radius 2 is 1.84 bits per heavy atom. The summed E-state index contributed by atoms with van der Waals surface area (Å²) in [7, 11) is 0. The zero-order chi connectivity index (χ0) is 21.0. The molecule has 5 heteroatoms. The lowest BCUT2D eigenvalue weighted by atomic mass is 9.92. The van der Waals surface area contributed by atoms with Gasteiger partial charge in [0.15, 0.2) is 5.58 Å². The van der Waals surface area contributed by atoms with Gasteiger partial charge in [0.25, 0.3) is 5.88 Å². The fraction of sp³-hybridized carbons (Fsp3) is 0.346. The van der Waals surface area contributed by atoms with Crippen LogP contribution in [0.4, 0.5) is 4.39 Å². The Balaban J connectivity index is 1.07. The third-order valence-electron chi connectivity index (χ3n) is 6.38. The average Bonchev–Trinajstić information content (AvgIpc) is 3.20. The maximum absolute atomic E-state index is 13.2. The van der Waals surface area contributed by atoms with Crippen molar-refractivity contribution in [3.05, 3.63) is 72.0 Å². The van der Waals surface area contributed by atoms with Crippen LogP contribution in [-0.2, 0) is 6.54 Å². The van der Waals surface area contributed by atoms with E-state index >= 15 is 0 Å². The fourth-order valence-corrected chi connectivity index (χ4v) is 4.64. The molecule has 0 unspecified atom stereocenters. The highest BCUT2D eigenvalue weighted by atomic mass is 19.1. The number of fused-ring (bicyclic) bond motifs is 2. The highest BCUT2D eigenvalue weighted by Gasteiger charge is 2.20. The van der Waals surface area contributed by atoms with Crippen LogP contribution < -0.4 is 4.74 Å². The molecule has 1 aliphatic rings. The summed E-state index contributed by atoms with van der Waals surface area (Å²) in [6.45, 7) is 3.93. The van der Waals surface area contributed by atoms with Crippen molar-refractivity contribution >= 4 is 21.7 Å². The predicted octanol–water partition coefficient (Wildman–Crippen LogP) is 6.19.